The summed E-state index contributed by atoms with van der Waals surface area (Å²) in [5.74, 6) is 1.92. The summed E-state index contributed by atoms with van der Waals surface area (Å²) in [7, 11) is 3.47. The van der Waals surface area contributed by atoms with E-state index in [0.717, 1.165) is 52.3 Å². The summed E-state index contributed by atoms with van der Waals surface area (Å²) in [6.45, 7) is 0.734. The number of nitrogens with zero attached hydrogens (tertiary/aromatic N) is 8. The third kappa shape index (κ3) is 3.56. The molecule has 6 rings (SSSR count). The number of ether oxygens (including phenoxy) is 1. The summed E-state index contributed by atoms with van der Waals surface area (Å²) in [5.41, 5.74) is 5.64. The van der Waals surface area contributed by atoms with Gasteiger partial charge in [-0.2, -0.15) is 5.10 Å². The smallest absolute Gasteiger partial charge is 0.228 e. The molecule has 5 aromatic rings. The van der Waals surface area contributed by atoms with Crippen LogP contribution >= 0.6 is 0 Å². The Morgan fingerprint density at radius 1 is 1.15 bits per heavy atom. The Morgan fingerprint density at radius 3 is 2.88 bits per heavy atom. The van der Waals surface area contributed by atoms with Crippen LogP contribution in [0.4, 0.5) is 17.5 Å². The van der Waals surface area contributed by atoms with Crippen molar-refractivity contribution in [1.82, 2.24) is 39.7 Å². The maximum absolute atomic E-state index is 5.16. The second kappa shape index (κ2) is 8.10. The van der Waals surface area contributed by atoms with E-state index in [2.05, 4.69) is 47.1 Å². The molecule has 11 nitrogen and oxygen atoms in total. The monoisotopic (exact) mass is 454 g/mol. The SMILES string of the molecule is COc1ccc(CC2CNc3cc(-c4ccnc(Nc5ccnn5C)n4)cc4nnn2c34)cn1. The number of pyridine rings is 1. The van der Waals surface area contributed by atoms with Gasteiger partial charge in [0.15, 0.2) is 0 Å². The minimum Gasteiger partial charge on any atom is -0.481 e. The van der Waals surface area contributed by atoms with Crippen molar-refractivity contribution < 1.29 is 4.74 Å². The fourth-order valence-corrected chi connectivity index (χ4v) is 4.20. The van der Waals surface area contributed by atoms with E-state index in [1.54, 1.807) is 24.2 Å². The first-order valence-electron chi connectivity index (χ1n) is 10.9. The average molecular weight is 454 g/mol. The lowest BCUT2D eigenvalue weighted by Crippen LogP contribution is -2.26. The average Bonchev–Trinajstić information content (AvgIpc) is 3.48. The number of hydrogen-bond acceptors (Lipinski definition) is 9. The highest BCUT2D eigenvalue weighted by atomic mass is 16.5. The molecule has 1 aliphatic heterocycles. The van der Waals surface area contributed by atoms with Crippen LogP contribution in [0, 0.1) is 0 Å². The van der Waals surface area contributed by atoms with Crippen LogP contribution in [0.25, 0.3) is 22.3 Å². The first kappa shape index (κ1) is 20.1. The summed E-state index contributed by atoms with van der Waals surface area (Å²) in [6.07, 6.45) is 6.09. The zero-order valence-corrected chi connectivity index (χ0v) is 18.7. The van der Waals surface area contributed by atoms with Crippen LogP contribution in [0.1, 0.15) is 11.6 Å². The molecule has 34 heavy (non-hydrogen) atoms. The Bertz CT molecular complexity index is 1470. The molecule has 2 N–H and O–H groups in total. The van der Waals surface area contributed by atoms with E-state index in [9.17, 15) is 0 Å². The Balaban J connectivity index is 1.30. The summed E-state index contributed by atoms with van der Waals surface area (Å²) in [6, 6.07) is 11.9. The molecule has 0 radical (unpaired) electrons. The van der Waals surface area contributed by atoms with Gasteiger partial charge >= 0.3 is 0 Å². The van der Waals surface area contributed by atoms with Crippen LogP contribution in [0.2, 0.25) is 0 Å². The van der Waals surface area contributed by atoms with Gasteiger partial charge in [0.05, 0.1) is 30.7 Å². The number of aryl methyl sites for hydroxylation is 1. The van der Waals surface area contributed by atoms with Crippen LogP contribution in [-0.2, 0) is 13.5 Å². The lowest BCUT2D eigenvalue weighted by molar-refractivity contribution is 0.397. The minimum absolute atomic E-state index is 0.132. The second-order valence-electron chi connectivity index (χ2n) is 8.10. The van der Waals surface area contributed by atoms with Gasteiger partial charge in [-0.05, 0) is 30.2 Å². The zero-order chi connectivity index (χ0) is 23.1. The van der Waals surface area contributed by atoms with E-state index in [1.807, 2.05) is 48.3 Å². The van der Waals surface area contributed by atoms with Crippen molar-refractivity contribution in [2.75, 3.05) is 24.3 Å². The lowest BCUT2D eigenvalue weighted by atomic mass is 10.0. The number of benzene rings is 1. The summed E-state index contributed by atoms with van der Waals surface area (Å²) in [5, 5.41) is 19.9. The summed E-state index contributed by atoms with van der Waals surface area (Å²) in [4.78, 5) is 13.3. The molecule has 0 spiro atoms. The predicted molar refractivity (Wildman–Crippen MR) is 127 cm³/mol. The zero-order valence-electron chi connectivity index (χ0n) is 18.7. The van der Waals surface area contributed by atoms with Crippen molar-refractivity contribution in [3.05, 3.63) is 60.6 Å². The van der Waals surface area contributed by atoms with Crippen molar-refractivity contribution in [1.29, 1.82) is 0 Å². The molecular weight excluding hydrogens is 432 g/mol. The molecular formula is C23H22N10O. The third-order valence-corrected chi connectivity index (χ3v) is 5.93. The molecule has 0 saturated heterocycles. The van der Waals surface area contributed by atoms with Crippen LogP contribution in [0.5, 0.6) is 5.88 Å². The number of nitrogens with one attached hydrogen (secondary N) is 2. The highest BCUT2D eigenvalue weighted by molar-refractivity contribution is 5.93. The molecule has 1 atom stereocenters. The van der Waals surface area contributed by atoms with E-state index >= 15 is 0 Å². The van der Waals surface area contributed by atoms with Gasteiger partial charge in [0, 0.05) is 43.7 Å². The molecule has 1 aliphatic rings. The fourth-order valence-electron chi connectivity index (χ4n) is 4.20. The van der Waals surface area contributed by atoms with E-state index in [1.165, 1.54) is 0 Å². The van der Waals surface area contributed by atoms with Gasteiger partial charge in [-0.1, -0.05) is 11.3 Å². The van der Waals surface area contributed by atoms with Crippen molar-refractivity contribution in [3.63, 3.8) is 0 Å². The van der Waals surface area contributed by atoms with Crippen LogP contribution in [0.3, 0.4) is 0 Å². The number of rotatable bonds is 6. The number of anilines is 3. The molecule has 4 aromatic heterocycles. The van der Waals surface area contributed by atoms with Gasteiger partial charge in [-0.15, -0.1) is 5.10 Å². The normalized spacial score (nSPS) is 14.7. The molecule has 1 aromatic carbocycles. The van der Waals surface area contributed by atoms with Gasteiger partial charge in [0.2, 0.25) is 11.8 Å². The molecule has 170 valence electrons. The van der Waals surface area contributed by atoms with Crippen molar-refractivity contribution in [2.24, 2.45) is 7.05 Å². The van der Waals surface area contributed by atoms with Gasteiger partial charge < -0.3 is 15.4 Å². The standard InChI is InChI=1S/C23H22N10O/c1-32-20(6-8-27-32)29-23-24-7-5-17(28-23)15-10-18-22-19(11-15)30-31-33(22)16(13-25-18)9-14-3-4-21(34-2)26-12-14/h3-8,10-12,16,25H,9,13H2,1-2H3,(H,24,28,29). The minimum atomic E-state index is 0.132. The van der Waals surface area contributed by atoms with E-state index in [-0.39, 0.29) is 6.04 Å². The highest BCUT2D eigenvalue weighted by Crippen LogP contribution is 2.34. The Morgan fingerprint density at radius 2 is 2.09 bits per heavy atom. The largest absolute Gasteiger partial charge is 0.481 e. The Labute approximate surface area is 194 Å². The van der Waals surface area contributed by atoms with Gasteiger partial charge in [0.1, 0.15) is 16.9 Å². The summed E-state index contributed by atoms with van der Waals surface area (Å²) >= 11 is 0. The van der Waals surface area contributed by atoms with Crippen LogP contribution < -0.4 is 15.4 Å². The molecule has 11 heteroatoms. The first-order valence-corrected chi connectivity index (χ1v) is 10.9. The first-order chi connectivity index (χ1) is 16.7. The molecule has 0 fully saturated rings. The molecule has 0 aliphatic carbocycles. The van der Waals surface area contributed by atoms with Crippen molar-refractivity contribution in [3.8, 4) is 17.1 Å². The second-order valence-corrected chi connectivity index (χ2v) is 8.10. The van der Waals surface area contributed by atoms with E-state index in [4.69, 9.17) is 4.74 Å². The van der Waals surface area contributed by atoms with E-state index < -0.39 is 0 Å². The van der Waals surface area contributed by atoms with Gasteiger partial charge in [0.25, 0.3) is 0 Å². The number of hydrogen-bond donors (Lipinski definition) is 2. The van der Waals surface area contributed by atoms with Crippen LogP contribution in [0.15, 0.2) is 55.0 Å². The Kier molecular flexibility index (Phi) is 4.79. The maximum atomic E-state index is 5.16. The quantitative estimate of drug-likeness (QED) is 0.399. The van der Waals surface area contributed by atoms with E-state index in [0.29, 0.717) is 11.8 Å². The molecule has 1 unspecified atom stereocenters. The molecule has 0 bridgehead atoms. The summed E-state index contributed by atoms with van der Waals surface area (Å²) < 4.78 is 8.89. The van der Waals surface area contributed by atoms with Crippen LogP contribution in [-0.4, -0.2) is 53.4 Å². The Hall–Kier alpha value is -4.54. The highest BCUT2D eigenvalue weighted by Gasteiger charge is 2.24. The number of methoxy groups -OCH3 is 1. The maximum Gasteiger partial charge on any atom is 0.228 e. The lowest BCUT2D eigenvalue weighted by Gasteiger charge is -2.25. The molecule has 5 heterocycles. The molecule has 0 amide bonds. The molecule has 0 saturated carbocycles. The fraction of sp³-hybridized carbons (Fsp3) is 0.217. The van der Waals surface area contributed by atoms with Crippen molar-refractivity contribution in [2.45, 2.75) is 12.5 Å². The van der Waals surface area contributed by atoms with Gasteiger partial charge in [-0.25, -0.2) is 19.6 Å². The predicted octanol–water partition coefficient (Wildman–Crippen LogP) is 2.98. The topological polar surface area (TPSA) is 120 Å². The van der Waals surface area contributed by atoms with Crippen molar-refractivity contribution >= 4 is 28.5 Å². The van der Waals surface area contributed by atoms with Gasteiger partial charge in [-0.3, -0.25) is 4.68 Å². The number of aromatic nitrogens is 8. The third-order valence-electron chi connectivity index (χ3n) is 5.93.